The lowest BCUT2D eigenvalue weighted by molar-refractivity contribution is 0.0215. The molecule has 0 radical (unpaired) electrons. The number of fused-ring (bicyclic) bond motifs is 1. The van der Waals surface area contributed by atoms with Crippen molar-refractivity contribution in [2.45, 2.75) is 20.0 Å². The molecule has 2 aromatic rings. The van der Waals surface area contributed by atoms with Crippen LogP contribution in [0.2, 0.25) is 0 Å². The number of rotatable bonds is 2. The van der Waals surface area contributed by atoms with Gasteiger partial charge in [0, 0.05) is 0 Å². The lowest BCUT2D eigenvalue weighted by Crippen LogP contribution is -2.24. The van der Waals surface area contributed by atoms with Gasteiger partial charge in [-0.05, 0) is 31.2 Å². The maximum Gasteiger partial charge on any atom is 0.535 e. The zero-order chi connectivity index (χ0) is 11.5. The molecule has 6 heteroatoms. The van der Waals surface area contributed by atoms with E-state index in [9.17, 15) is 4.79 Å². The second kappa shape index (κ2) is 4.18. The highest BCUT2D eigenvalue weighted by atomic mass is 16.8. The Morgan fingerprint density at radius 1 is 1.38 bits per heavy atom. The number of nitrogens with zero attached hydrogens (tertiary/aromatic N) is 3. The number of para-hydroxylation sites is 1. The van der Waals surface area contributed by atoms with Crippen molar-refractivity contribution in [1.82, 2.24) is 15.2 Å². The van der Waals surface area contributed by atoms with Gasteiger partial charge >= 0.3 is 6.16 Å². The fourth-order valence-electron chi connectivity index (χ4n) is 1.20. The molecule has 0 bridgehead atoms. The molecular formula is C10H11N3O3. The SMILES string of the molecule is CC(C)OC(=O)On1nnc2ccccc21. The second-order valence-electron chi connectivity index (χ2n) is 3.46. The summed E-state index contributed by atoms with van der Waals surface area (Å²) in [6.07, 6.45) is -1.03. The van der Waals surface area contributed by atoms with Gasteiger partial charge in [-0.15, -0.1) is 5.10 Å². The lowest BCUT2D eigenvalue weighted by Gasteiger charge is -2.06. The Morgan fingerprint density at radius 3 is 2.88 bits per heavy atom. The highest BCUT2D eigenvalue weighted by Gasteiger charge is 2.11. The smallest absolute Gasteiger partial charge is 0.430 e. The number of carbonyl (C=O) groups excluding carboxylic acids is 1. The molecule has 1 aromatic heterocycles. The quantitative estimate of drug-likeness (QED) is 0.566. The number of benzene rings is 1. The molecule has 0 fully saturated rings. The van der Waals surface area contributed by atoms with Gasteiger partial charge in [-0.3, -0.25) is 4.84 Å². The summed E-state index contributed by atoms with van der Waals surface area (Å²) in [5, 5.41) is 7.52. The topological polar surface area (TPSA) is 66.2 Å². The molecule has 84 valence electrons. The Bertz CT molecular complexity index is 507. The van der Waals surface area contributed by atoms with Crippen LogP contribution in [0.5, 0.6) is 0 Å². The zero-order valence-corrected chi connectivity index (χ0v) is 8.95. The van der Waals surface area contributed by atoms with Gasteiger partial charge in [0.2, 0.25) is 0 Å². The van der Waals surface area contributed by atoms with Gasteiger partial charge in [-0.25, -0.2) is 4.79 Å². The van der Waals surface area contributed by atoms with E-state index in [2.05, 4.69) is 10.3 Å². The minimum atomic E-state index is -0.800. The van der Waals surface area contributed by atoms with Crippen molar-refractivity contribution in [3.63, 3.8) is 0 Å². The van der Waals surface area contributed by atoms with E-state index in [1.807, 2.05) is 6.07 Å². The van der Waals surface area contributed by atoms with Gasteiger partial charge < -0.3 is 4.74 Å². The molecule has 0 aliphatic rings. The standard InChI is InChI=1S/C10H11N3O3/c1-7(2)15-10(14)16-13-9-6-4-3-5-8(9)11-12-13/h3-7H,1-2H3. The third kappa shape index (κ3) is 2.10. The maximum atomic E-state index is 11.2. The summed E-state index contributed by atoms with van der Waals surface area (Å²) in [5.41, 5.74) is 1.27. The van der Waals surface area contributed by atoms with E-state index in [1.54, 1.807) is 32.0 Å². The van der Waals surface area contributed by atoms with Gasteiger partial charge in [0.1, 0.15) is 11.0 Å². The van der Waals surface area contributed by atoms with Crippen LogP contribution in [-0.2, 0) is 4.74 Å². The normalized spacial score (nSPS) is 10.7. The number of hydrogen-bond donors (Lipinski definition) is 0. The van der Waals surface area contributed by atoms with E-state index in [-0.39, 0.29) is 6.10 Å². The predicted octanol–water partition coefficient (Wildman–Crippen LogP) is 1.40. The Labute approximate surface area is 91.7 Å². The third-order valence-corrected chi connectivity index (χ3v) is 1.81. The van der Waals surface area contributed by atoms with Crippen molar-refractivity contribution in [2.24, 2.45) is 0 Å². The van der Waals surface area contributed by atoms with Gasteiger partial charge in [0.25, 0.3) is 0 Å². The lowest BCUT2D eigenvalue weighted by atomic mass is 10.3. The molecule has 0 saturated carbocycles. The van der Waals surface area contributed by atoms with E-state index in [4.69, 9.17) is 9.57 Å². The van der Waals surface area contributed by atoms with Gasteiger partial charge in [-0.1, -0.05) is 17.0 Å². The Balaban J connectivity index is 2.18. The van der Waals surface area contributed by atoms with E-state index in [0.29, 0.717) is 11.0 Å². The summed E-state index contributed by atoms with van der Waals surface area (Å²) in [7, 11) is 0. The number of carbonyl (C=O) groups is 1. The molecule has 0 unspecified atom stereocenters. The van der Waals surface area contributed by atoms with Gasteiger partial charge in [0.05, 0.1) is 6.10 Å². The van der Waals surface area contributed by atoms with Gasteiger partial charge in [-0.2, -0.15) is 0 Å². The number of aromatic nitrogens is 3. The summed E-state index contributed by atoms with van der Waals surface area (Å²) >= 11 is 0. The molecule has 0 aliphatic heterocycles. The fraction of sp³-hybridized carbons (Fsp3) is 0.300. The Kier molecular flexibility index (Phi) is 2.72. The van der Waals surface area contributed by atoms with Crippen molar-refractivity contribution >= 4 is 17.2 Å². The first kappa shape index (κ1) is 10.4. The van der Waals surface area contributed by atoms with E-state index in [0.717, 1.165) is 4.85 Å². The van der Waals surface area contributed by atoms with Crippen LogP contribution in [0.25, 0.3) is 11.0 Å². The van der Waals surface area contributed by atoms with Crippen molar-refractivity contribution < 1.29 is 14.4 Å². The molecule has 0 amide bonds. The average Bonchev–Trinajstić information content (AvgIpc) is 2.61. The largest absolute Gasteiger partial charge is 0.535 e. The molecule has 1 aromatic carbocycles. The van der Waals surface area contributed by atoms with Crippen LogP contribution in [0.3, 0.4) is 0 Å². The molecule has 0 aliphatic carbocycles. The Morgan fingerprint density at radius 2 is 2.12 bits per heavy atom. The van der Waals surface area contributed by atoms with Gasteiger partial charge in [0.15, 0.2) is 0 Å². The molecule has 16 heavy (non-hydrogen) atoms. The average molecular weight is 221 g/mol. The van der Waals surface area contributed by atoms with E-state index >= 15 is 0 Å². The molecule has 1 heterocycles. The fourth-order valence-corrected chi connectivity index (χ4v) is 1.20. The first-order valence-electron chi connectivity index (χ1n) is 4.86. The first-order chi connectivity index (χ1) is 7.66. The Hall–Kier alpha value is -2.11. The van der Waals surface area contributed by atoms with E-state index < -0.39 is 6.16 Å². The summed E-state index contributed by atoms with van der Waals surface area (Å²) in [5.74, 6) is 0. The summed E-state index contributed by atoms with van der Waals surface area (Å²) in [6, 6.07) is 7.15. The van der Waals surface area contributed by atoms with Crippen LogP contribution in [0.4, 0.5) is 4.79 Å². The minimum absolute atomic E-state index is 0.234. The second-order valence-corrected chi connectivity index (χ2v) is 3.46. The highest BCUT2D eigenvalue weighted by Crippen LogP contribution is 2.08. The van der Waals surface area contributed by atoms with Crippen molar-refractivity contribution in [3.8, 4) is 0 Å². The molecule has 0 spiro atoms. The first-order valence-corrected chi connectivity index (χ1v) is 4.86. The van der Waals surface area contributed by atoms with Crippen molar-refractivity contribution in [1.29, 1.82) is 0 Å². The van der Waals surface area contributed by atoms with Crippen LogP contribution < -0.4 is 4.84 Å². The van der Waals surface area contributed by atoms with Crippen molar-refractivity contribution in [3.05, 3.63) is 24.3 Å². The summed E-state index contributed by atoms with van der Waals surface area (Å²) < 4.78 is 4.82. The van der Waals surface area contributed by atoms with Crippen LogP contribution in [-0.4, -0.2) is 27.4 Å². The molecule has 0 N–H and O–H groups in total. The highest BCUT2D eigenvalue weighted by molar-refractivity contribution is 5.74. The molecular weight excluding hydrogens is 210 g/mol. The minimum Gasteiger partial charge on any atom is -0.430 e. The molecule has 0 saturated heterocycles. The third-order valence-electron chi connectivity index (χ3n) is 1.81. The van der Waals surface area contributed by atoms with Crippen LogP contribution in [0, 0.1) is 0 Å². The molecule has 6 nitrogen and oxygen atoms in total. The number of hydrogen-bond acceptors (Lipinski definition) is 5. The summed E-state index contributed by atoms with van der Waals surface area (Å²) in [6.45, 7) is 3.47. The van der Waals surface area contributed by atoms with Crippen LogP contribution in [0.1, 0.15) is 13.8 Å². The van der Waals surface area contributed by atoms with Crippen LogP contribution in [0.15, 0.2) is 24.3 Å². The summed E-state index contributed by atoms with van der Waals surface area (Å²) in [4.78, 5) is 17.1. The zero-order valence-electron chi connectivity index (χ0n) is 8.95. The van der Waals surface area contributed by atoms with Crippen molar-refractivity contribution in [2.75, 3.05) is 0 Å². The van der Waals surface area contributed by atoms with Crippen LogP contribution >= 0.6 is 0 Å². The predicted molar refractivity (Wildman–Crippen MR) is 55.7 cm³/mol. The molecule has 0 atom stereocenters. The monoisotopic (exact) mass is 221 g/mol. The number of ether oxygens (including phenoxy) is 1. The molecule has 2 rings (SSSR count). The van der Waals surface area contributed by atoms with E-state index in [1.165, 1.54) is 0 Å². The maximum absolute atomic E-state index is 11.2.